The van der Waals surface area contributed by atoms with Gasteiger partial charge in [0.1, 0.15) is 5.75 Å². The number of carbonyl (C=O) groups excluding carboxylic acids is 2. The number of rotatable bonds is 6. The van der Waals surface area contributed by atoms with E-state index in [1.54, 1.807) is 37.3 Å². The van der Waals surface area contributed by atoms with Crippen LogP contribution in [0.2, 0.25) is 10.0 Å². The molecule has 0 saturated carbocycles. The van der Waals surface area contributed by atoms with Crippen LogP contribution >= 0.6 is 23.2 Å². The van der Waals surface area contributed by atoms with Crippen LogP contribution in [0, 0.1) is 0 Å². The molecule has 31 heavy (non-hydrogen) atoms. The van der Waals surface area contributed by atoms with Gasteiger partial charge in [0.25, 0.3) is 5.91 Å². The van der Waals surface area contributed by atoms with Gasteiger partial charge < -0.3 is 24.6 Å². The molecule has 1 aliphatic heterocycles. The number of esters is 1. The predicted molar refractivity (Wildman–Crippen MR) is 123 cm³/mol. The molecule has 0 spiro atoms. The van der Waals surface area contributed by atoms with Crippen LogP contribution in [0.25, 0.3) is 0 Å². The summed E-state index contributed by atoms with van der Waals surface area (Å²) in [5.41, 5.74) is 1.71. The minimum Gasteiger partial charge on any atom is -0.479 e. The normalized spacial score (nSPS) is 15.3. The van der Waals surface area contributed by atoms with E-state index < -0.39 is 12.1 Å². The highest BCUT2D eigenvalue weighted by Gasteiger charge is 2.22. The number of halogens is 2. The largest absolute Gasteiger partial charge is 0.479 e. The van der Waals surface area contributed by atoms with Crippen molar-refractivity contribution < 1.29 is 19.1 Å². The first-order chi connectivity index (χ1) is 14.8. The molecule has 1 amide bonds. The molecule has 7 nitrogen and oxygen atoms in total. The van der Waals surface area contributed by atoms with Crippen molar-refractivity contribution >= 4 is 46.5 Å². The van der Waals surface area contributed by atoms with Crippen molar-refractivity contribution in [3.63, 3.8) is 0 Å². The summed E-state index contributed by atoms with van der Waals surface area (Å²) in [7, 11) is 3.39. The first-order valence-corrected chi connectivity index (χ1v) is 10.6. The van der Waals surface area contributed by atoms with Crippen LogP contribution in [0.4, 0.5) is 11.4 Å². The zero-order chi connectivity index (χ0) is 22.5. The number of piperazine rings is 1. The van der Waals surface area contributed by atoms with Crippen LogP contribution in [-0.2, 0) is 9.53 Å². The Morgan fingerprint density at radius 2 is 1.77 bits per heavy atom. The number of ether oxygens (including phenoxy) is 2. The lowest BCUT2D eigenvalue weighted by Crippen LogP contribution is -2.45. The van der Waals surface area contributed by atoms with E-state index in [0.717, 1.165) is 31.9 Å². The number of carbonyl (C=O) groups is 2. The van der Waals surface area contributed by atoms with E-state index in [-0.39, 0.29) is 5.91 Å². The number of nitrogens with one attached hydrogen (secondary N) is 1. The molecule has 0 bridgehead atoms. The van der Waals surface area contributed by atoms with Crippen molar-refractivity contribution in [2.45, 2.75) is 13.0 Å². The van der Waals surface area contributed by atoms with E-state index in [0.29, 0.717) is 27.0 Å². The lowest BCUT2D eigenvalue weighted by molar-refractivity contribution is -0.122. The predicted octanol–water partition coefficient (Wildman–Crippen LogP) is 3.94. The Morgan fingerprint density at radius 3 is 2.42 bits per heavy atom. The molecule has 166 valence electrons. The zero-order valence-corrected chi connectivity index (χ0v) is 19.2. The Balaban J connectivity index is 1.81. The Hall–Kier alpha value is -2.48. The lowest BCUT2D eigenvalue weighted by atomic mass is 10.1. The molecule has 1 atom stereocenters. The minimum atomic E-state index is -0.833. The van der Waals surface area contributed by atoms with Gasteiger partial charge in [-0.1, -0.05) is 23.2 Å². The number of hydrogen-bond donors (Lipinski definition) is 1. The second-order valence-electron chi connectivity index (χ2n) is 7.34. The Bertz CT molecular complexity index is 962. The molecule has 9 heteroatoms. The molecule has 2 aromatic carbocycles. The van der Waals surface area contributed by atoms with Gasteiger partial charge in [-0.3, -0.25) is 4.79 Å². The van der Waals surface area contributed by atoms with Gasteiger partial charge in [0.05, 0.1) is 29.1 Å². The molecule has 1 N–H and O–H groups in total. The molecule has 1 saturated heterocycles. The number of nitrogens with zero attached hydrogens (tertiary/aromatic N) is 2. The molecule has 3 rings (SSSR count). The number of benzene rings is 2. The van der Waals surface area contributed by atoms with Crippen molar-refractivity contribution in [1.29, 1.82) is 0 Å². The summed E-state index contributed by atoms with van der Waals surface area (Å²) < 4.78 is 10.5. The van der Waals surface area contributed by atoms with E-state index >= 15 is 0 Å². The fourth-order valence-corrected chi connectivity index (χ4v) is 3.71. The van der Waals surface area contributed by atoms with Crippen molar-refractivity contribution in [3.8, 4) is 5.75 Å². The zero-order valence-electron chi connectivity index (χ0n) is 17.7. The summed E-state index contributed by atoms with van der Waals surface area (Å²) in [6, 6.07) is 9.95. The van der Waals surface area contributed by atoms with Crippen LogP contribution in [0.3, 0.4) is 0 Å². The summed E-state index contributed by atoms with van der Waals surface area (Å²) in [5.74, 6) is -0.489. The molecular weight excluding hydrogens is 441 g/mol. The molecule has 2 aromatic rings. The maximum atomic E-state index is 12.9. The first-order valence-electron chi connectivity index (χ1n) is 9.87. The standard InChI is InChI=1S/C22H25Cl2N3O4/c1-14(31-20-7-5-16(23)13-17(20)24)21(28)25-18-12-15(22(29)30-3)4-6-19(18)27-10-8-26(2)9-11-27/h4-7,12-14H,8-11H2,1-3H3,(H,25,28)/t14-/m1/s1. The molecule has 1 fully saturated rings. The molecule has 0 aromatic heterocycles. The lowest BCUT2D eigenvalue weighted by Gasteiger charge is -2.35. The summed E-state index contributed by atoms with van der Waals surface area (Å²) in [4.78, 5) is 29.3. The molecule has 1 aliphatic rings. The van der Waals surface area contributed by atoms with Crippen LogP contribution in [0.1, 0.15) is 17.3 Å². The van der Waals surface area contributed by atoms with Gasteiger partial charge in [0.15, 0.2) is 6.10 Å². The maximum Gasteiger partial charge on any atom is 0.337 e. The number of methoxy groups -OCH3 is 1. The molecule has 0 radical (unpaired) electrons. The average molecular weight is 466 g/mol. The van der Waals surface area contributed by atoms with E-state index in [4.69, 9.17) is 32.7 Å². The monoisotopic (exact) mass is 465 g/mol. The fourth-order valence-electron chi connectivity index (χ4n) is 3.25. The van der Waals surface area contributed by atoms with Crippen LogP contribution in [0.5, 0.6) is 5.75 Å². The van der Waals surface area contributed by atoms with Gasteiger partial charge in [-0.25, -0.2) is 4.79 Å². The summed E-state index contributed by atoms with van der Waals surface area (Å²) >= 11 is 12.1. The summed E-state index contributed by atoms with van der Waals surface area (Å²) in [5, 5.41) is 3.69. The maximum absolute atomic E-state index is 12.9. The third-order valence-corrected chi connectivity index (χ3v) is 5.62. The van der Waals surface area contributed by atoms with Gasteiger partial charge in [0.2, 0.25) is 0 Å². The van der Waals surface area contributed by atoms with Gasteiger partial charge in [-0.05, 0) is 50.4 Å². The summed E-state index contributed by atoms with van der Waals surface area (Å²) in [6.07, 6.45) is -0.833. The molecule has 0 aliphatic carbocycles. The minimum absolute atomic E-state index is 0.318. The summed E-state index contributed by atoms with van der Waals surface area (Å²) in [6.45, 7) is 5.05. The van der Waals surface area contributed by atoms with Gasteiger partial charge in [0, 0.05) is 31.2 Å². The van der Waals surface area contributed by atoms with Crippen molar-refractivity contribution in [1.82, 2.24) is 4.90 Å². The van der Waals surface area contributed by atoms with E-state index in [2.05, 4.69) is 22.2 Å². The van der Waals surface area contributed by atoms with Gasteiger partial charge in [-0.2, -0.15) is 0 Å². The van der Waals surface area contributed by atoms with Crippen LogP contribution in [-0.4, -0.2) is 63.2 Å². The highest BCUT2D eigenvalue weighted by atomic mass is 35.5. The Labute approximate surface area is 191 Å². The SMILES string of the molecule is COC(=O)c1ccc(N2CCN(C)CC2)c(NC(=O)[C@@H](C)Oc2ccc(Cl)cc2Cl)c1. The Kier molecular flexibility index (Phi) is 7.64. The average Bonchev–Trinajstić information content (AvgIpc) is 2.75. The van der Waals surface area contributed by atoms with Crippen molar-refractivity contribution in [2.24, 2.45) is 0 Å². The Morgan fingerprint density at radius 1 is 1.06 bits per heavy atom. The highest BCUT2D eigenvalue weighted by molar-refractivity contribution is 6.35. The van der Waals surface area contributed by atoms with Crippen LogP contribution < -0.4 is 15.0 Å². The van der Waals surface area contributed by atoms with Gasteiger partial charge >= 0.3 is 5.97 Å². The second kappa shape index (κ2) is 10.2. The smallest absolute Gasteiger partial charge is 0.337 e. The third kappa shape index (κ3) is 5.81. The number of amides is 1. The molecular formula is C22H25Cl2N3O4. The quantitative estimate of drug-likeness (QED) is 0.651. The molecule has 0 unspecified atom stereocenters. The van der Waals surface area contributed by atoms with E-state index in [1.807, 2.05) is 6.07 Å². The second-order valence-corrected chi connectivity index (χ2v) is 8.18. The van der Waals surface area contributed by atoms with Crippen molar-refractivity contribution in [2.75, 3.05) is 50.6 Å². The van der Waals surface area contributed by atoms with Crippen LogP contribution in [0.15, 0.2) is 36.4 Å². The molecule has 1 heterocycles. The topological polar surface area (TPSA) is 71.1 Å². The van der Waals surface area contributed by atoms with Gasteiger partial charge in [-0.15, -0.1) is 0 Å². The van der Waals surface area contributed by atoms with Crippen molar-refractivity contribution in [3.05, 3.63) is 52.0 Å². The highest BCUT2D eigenvalue weighted by Crippen LogP contribution is 2.30. The number of anilines is 2. The number of likely N-dealkylation sites (N-methyl/N-ethyl adjacent to an activating group) is 1. The first kappa shape index (κ1) is 23.2. The number of hydrogen-bond acceptors (Lipinski definition) is 6. The van der Waals surface area contributed by atoms with E-state index in [9.17, 15) is 9.59 Å². The van der Waals surface area contributed by atoms with E-state index in [1.165, 1.54) is 7.11 Å². The fraction of sp³-hybridized carbons (Fsp3) is 0.364. The third-order valence-electron chi connectivity index (χ3n) is 5.09.